The van der Waals surface area contributed by atoms with Gasteiger partial charge in [0.1, 0.15) is 12.4 Å². The summed E-state index contributed by atoms with van der Waals surface area (Å²) in [5.74, 6) is 0.474. The molecule has 3 aromatic rings. The molecule has 1 aliphatic rings. The van der Waals surface area contributed by atoms with Crippen LogP contribution in [0, 0.1) is 5.92 Å². The Morgan fingerprint density at radius 3 is 2.25 bits per heavy atom. The summed E-state index contributed by atoms with van der Waals surface area (Å²) in [7, 11) is 0. The lowest BCUT2D eigenvalue weighted by molar-refractivity contribution is -0.136. The second-order valence-electron chi connectivity index (χ2n) is 9.41. The van der Waals surface area contributed by atoms with Crippen LogP contribution in [-0.2, 0) is 21.5 Å². The number of rotatable bonds is 7. The molecule has 4 rings (SSSR count). The molecule has 0 aliphatic heterocycles. The zero-order valence-electron chi connectivity index (χ0n) is 18.9. The van der Waals surface area contributed by atoms with Crippen molar-refractivity contribution in [3.05, 3.63) is 78.0 Å². The number of hydrogen-bond acceptors (Lipinski definition) is 3. The van der Waals surface area contributed by atoms with Crippen molar-refractivity contribution in [2.24, 2.45) is 5.92 Å². The van der Waals surface area contributed by atoms with Crippen LogP contribution in [0.1, 0.15) is 44.9 Å². The summed E-state index contributed by atoms with van der Waals surface area (Å²) in [5, 5.41) is 7.75. The van der Waals surface area contributed by atoms with Crippen LogP contribution in [0.2, 0.25) is 0 Å². The monoisotopic (exact) mass is 430 g/mol. The maximum absolute atomic E-state index is 13.1. The molecule has 0 saturated heterocycles. The highest BCUT2D eigenvalue weighted by Gasteiger charge is 2.34. The first kappa shape index (κ1) is 21.8. The lowest BCUT2D eigenvalue weighted by atomic mass is 9.92. The van der Waals surface area contributed by atoms with E-state index in [4.69, 9.17) is 5.10 Å². The van der Waals surface area contributed by atoms with Gasteiger partial charge in [0.15, 0.2) is 0 Å². The Bertz CT molecular complexity index is 1080. The number of anilines is 1. The number of carbonyl (C=O) groups is 2. The summed E-state index contributed by atoms with van der Waals surface area (Å²) < 4.78 is 1.75. The number of hydrogen-bond donors (Lipinski definition) is 1. The molecule has 0 spiro atoms. The summed E-state index contributed by atoms with van der Waals surface area (Å²) in [4.78, 5) is 27.6. The van der Waals surface area contributed by atoms with Gasteiger partial charge in [-0.3, -0.25) is 9.59 Å². The quantitative estimate of drug-likeness (QED) is 0.598. The van der Waals surface area contributed by atoms with Crippen LogP contribution in [0.25, 0.3) is 5.69 Å². The Kier molecular flexibility index (Phi) is 6.12. The van der Waals surface area contributed by atoms with Gasteiger partial charge in [-0.25, -0.2) is 4.68 Å². The Morgan fingerprint density at radius 2 is 1.66 bits per heavy atom. The topological polar surface area (TPSA) is 67.2 Å². The zero-order valence-corrected chi connectivity index (χ0v) is 18.9. The van der Waals surface area contributed by atoms with Crippen molar-refractivity contribution >= 4 is 17.6 Å². The molecule has 6 nitrogen and oxygen atoms in total. The largest absolute Gasteiger partial charge is 0.329 e. The SMILES string of the molecule is CC(C)(C)c1cc(NC(=O)CN(Cc2ccccc2)C(=O)C2CC2)n(-c2ccccc2)n1. The fourth-order valence-corrected chi connectivity index (χ4v) is 3.56. The van der Waals surface area contributed by atoms with Gasteiger partial charge in [0.25, 0.3) is 0 Å². The molecular weight excluding hydrogens is 400 g/mol. The molecule has 0 radical (unpaired) electrons. The van der Waals surface area contributed by atoms with Gasteiger partial charge in [0.05, 0.1) is 11.4 Å². The molecule has 2 aromatic carbocycles. The predicted molar refractivity (Wildman–Crippen MR) is 125 cm³/mol. The summed E-state index contributed by atoms with van der Waals surface area (Å²) in [6, 6.07) is 21.4. The van der Waals surface area contributed by atoms with Gasteiger partial charge in [0.2, 0.25) is 11.8 Å². The van der Waals surface area contributed by atoms with Crippen LogP contribution >= 0.6 is 0 Å². The van der Waals surface area contributed by atoms with Gasteiger partial charge in [-0.1, -0.05) is 69.3 Å². The van der Waals surface area contributed by atoms with E-state index in [9.17, 15) is 9.59 Å². The molecular formula is C26H30N4O2. The lowest BCUT2D eigenvalue weighted by Gasteiger charge is -2.22. The minimum Gasteiger partial charge on any atom is -0.329 e. The fraction of sp³-hybridized carbons (Fsp3) is 0.346. The van der Waals surface area contributed by atoms with Crippen LogP contribution in [0.3, 0.4) is 0 Å². The fourth-order valence-electron chi connectivity index (χ4n) is 3.56. The Labute approximate surface area is 189 Å². The third-order valence-corrected chi connectivity index (χ3v) is 5.54. The van der Waals surface area contributed by atoms with Crippen LogP contribution < -0.4 is 5.32 Å². The number of amides is 2. The van der Waals surface area contributed by atoms with E-state index in [-0.39, 0.29) is 29.7 Å². The normalized spacial score (nSPS) is 13.6. The van der Waals surface area contributed by atoms with Gasteiger partial charge in [0, 0.05) is 23.9 Å². The first-order valence-corrected chi connectivity index (χ1v) is 11.1. The van der Waals surface area contributed by atoms with Crippen molar-refractivity contribution in [1.29, 1.82) is 0 Å². The highest BCUT2D eigenvalue weighted by Crippen LogP contribution is 2.31. The molecule has 1 aromatic heterocycles. The Hall–Kier alpha value is -3.41. The second-order valence-corrected chi connectivity index (χ2v) is 9.41. The number of carbonyl (C=O) groups excluding carboxylic acids is 2. The summed E-state index contributed by atoms with van der Waals surface area (Å²) in [6.07, 6.45) is 1.81. The third kappa shape index (κ3) is 5.25. The summed E-state index contributed by atoms with van der Waals surface area (Å²) in [5.41, 5.74) is 2.60. The minimum absolute atomic E-state index is 0.00898. The highest BCUT2D eigenvalue weighted by atomic mass is 16.2. The van der Waals surface area contributed by atoms with Crippen LogP contribution in [-0.4, -0.2) is 33.0 Å². The van der Waals surface area contributed by atoms with Crippen LogP contribution in [0.15, 0.2) is 66.7 Å². The smallest absolute Gasteiger partial charge is 0.245 e. The van der Waals surface area contributed by atoms with Gasteiger partial charge in [-0.05, 0) is 30.5 Å². The first-order valence-electron chi connectivity index (χ1n) is 11.1. The summed E-state index contributed by atoms with van der Waals surface area (Å²) in [6.45, 7) is 6.70. The molecule has 1 saturated carbocycles. The van der Waals surface area contributed by atoms with Crippen molar-refractivity contribution in [1.82, 2.24) is 14.7 Å². The molecule has 6 heteroatoms. The van der Waals surface area contributed by atoms with Gasteiger partial charge < -0.3 is 10.2 Å². The van der Waals surface area contributed by atoms with Crippen molar-refractivity contribution in [3.63, 3.8) is 0 Å². The third-order valence-electron chi connectivity index (χ3n) is 5.54. The van der Waals surface area contributed by atoms with Crippen LogP contribution in [0.4, 0.5) is 5.82 Å². The van der Waals surface area contributed by atoms with Gasteiger partial charge in [-0.15, -0.1) is 0 Å². The molecule has 1 aliphatic carbocycles. The van der Waals surface area contributed by atoms with Crippen molar-refractivity contribution in [2.45, 2.75) is 45.6 Å². The predicted octanol–water partition coefficient (Wildman–Crippen LogP) is 4.55. The van der Waals surface area contributed by atoms with E-state index in [1.807, 2.05) is 66.7 Å². The van der Waals surface area contributed by atoms with E-state index in [0.29, 0.717) is 12.4 Å². The average molecular weight is 431 g/mol. The van der Waals surface area contributed by atoms with E-state index < -0.39 is 0 Å². The zero-order chi connectivity index (χ0) is 22.7. The number of para-hydroxylation sites is 1. The maximum Gasteiger partial charge on any atom is 0.245 e. The first-order chi connectivity index (χ1) is 15.3. The molecule has 2 amide bonds. The van der Waals surface area contributed by atoms with Crippen molar-refractivity contribution in [3.8, 4) is 5.69 Å². The van der Waals surface area contributed by atoms with Gasteiger partial charge in [-0.2, -0.15) is 5.10 Å². The second kappa shape index (κ2) is 8.99. The Balaban J connectivity index is 1.55. The molecule has 1 fully saturated rings. The van der Waals surface area contributed by atoms with E-state index >= 15 is 0 Å². The number of nitrogens with one attached hydrogen (secondary N) is 1. The van der Waals surface area contributed by atoms with Gasteiger partial charge >= 0.3 is 0 Å². The number of nitrogens with zero attached hydrogens (tertiary/aromatic N) is 3. The van der Waals surface area contributed by atoms with Crippen molar-refractivity contribution < 1.29 is 9.59 Å². The lowest BCUT2D eigenvalue weighted by Crippen LogP contribution is -2.38. The summed E-state index contributed by atoms with van der Waals surface area (Å²) >= 11 is 0. The minimum atomic E-state index is -0.229. The number of aromatic nitrogens is 2. The van der Waals surface area contributed by atoms with E-state index in [1.165, 1.54) is 0 Å². The average Bonchev–Trinajstić information content (AvgIpc) is 3.53. The molecule has 0 atom stereocenters. The van der Waals surface area contributed by atoms with E-state index in [0.717, 1.165) is 29.8 Å². The van der Waals surface area contributed by atoms with Crippen molar-refractivity contribution in [2.75, 3.05) is 11.9 Å². The standard InChI is InChI=1S/C26H30N4O2/c1-26(2,3)22-16-23(30(28-22)21-12-8-5-9-13-21)27-24(31)18-29(25(32)20-14-15-20)17-19-10-6-4-7-11-19/h4-13,16,20H,14-15,17-18H2,1-3H3,(H,27,31). The number of benzene rings is 2. The van der Waals surface area contributed by atoms with E-state index in [1.54, 1.807) is 9.58 Å². The molecule has 1 heterocycles. The molecule has 1 N–H and O–H groups in total. The van der Waals surface area contributed by atoms with Crippen LogP contribution in [0.5, 0.6) is 0 Å². The maximum atomic E-state index is 13.1. The molecule has 0 bridgehead atoms. The Morgan fingerprint density at radius 1 is 1.03 bits per heavy atom. The molecule has 166 valence electrons. The molecule has 0 unspecified atom stereocenters. The molecule has 32 heavy (non-hydrogen) atoms. The highest BCUT2D eigenvalue weighted by molar-refractivity contribution is 5.94. The van der Waals surface area contributed by atoms with E-state index in [2.05, 4.69) is 26.1 Å².